The van der Waals surface area contributed by atoms with Gasteiger partial charge in [-0.3, -0.25) is 4.90 Å². The number of hydrogen-bond acceptors (Lipinski definition) is 3. The molecule has 94 valence electrons. The van der Waals surface area contributed by atoms with Gasteiger partial charge in [0.25, 0.3) is 0 Å². The van der Waals surface area contributed by atoms with E-state index in [2.05, 4.69) is 30.9 Å². The van der Waals surface area contributed by atoms with Crippen LogP contribution >= 0.6 is 0 Å². The van der Waals surface area contributed by atoms with Crippen molar-refractivity contribution in [3.05, 3.63) is 29.8 Å². The minimum Gasteiger partial charge on any atom is -0.399 e. The van der Waals surface area contributed by atoms with Crippen LogP contribution < -0.4 is 5.73 Å². The Morgan fingerprint density at radius 2 is 2.12 bits per heavy atom. The highest BCUT2D eigenvalue weighted by Gasteiger charge is 2.23. The van der Waals surface area contributed by atoms with Crippen molar-refractivity contribution < 1.29 is 4.74 Å². The average Bonchev–Trinajstić information content (AvgIpc) is 2.39. The maximum Gasteiger partial charge on any atom is 0.0700 e. The van der Waals surface area contributed by atoms with Gasteiger partial charge in [-0.05, 0) is 31.0 Å². The van der Waals surface area contributed by atoms with Crippen molar-refractivity contribution >= 4 is 5.69 Å². The van der Waals surface area contributed by atoms with Crippen LogP contribution in [0.1, 0.15) is 31.9 Å². The van der Waals surface area contributed by atoms with Gasteiger partial charge in [0.15, 0.2) is 0 Å². The largest absolute Gasteiger partial charge is 0.399 e. The Morgan fingerprint density at radius 3 is 2.76 bits per heavy atom. The standard InChI is InChI=1S/C14H22N2O/c1-3-14-10-16(8-9-17-14)11(2)12-4-6-13(15)7-5-12/h4-7,11,14H,3,8-10,15H2,1-2H3. The number of anilines is 1. The summed E-state index contributed by atoms with van der Waals surface area (Å²) >= 11 is 0. The molecule has 3 nitrogen and oxygen atoms in total. The SMILES string of the molecule is CCC1CN(C(C)c2ccc(N)cc2)CCO1. The van der Waals surface area contributed by atoms with Gasteiger partial charge >= 0.3 is 0 Å². The number of benzene rings is 1. The molecule has 1 aliphatic rings. The van der Waals surface area contributed by atoms with Gasteiger partial charge in [-0.1, -0.05) is 19.1 Å². The van der Waals surface area contributed by atoms with Gasteiger partial charge in [-0.25, -0.2) is 0 Å². The molecule has 1 aromatic carbocycles. The lowest BCUT2D eigenvalue weighted by Gasteiger charge is -2.36. The first kappa shape index (κ1) is 12.4. The van der Waals surface area contributed by atoms with E-state index in [1.165, 1.54) is 5.56 Å². The third kappa shape index (κ3) is 2.99. The van der Waals surface area contributed by atoms with Crippen molar-refractivity contribution in [2.75, 3.05) is 25.4 Å². The molecule has 1 heterocycles. The second-order valence-corrected chi connectivity index (χ2v) is 4.74. The van der Waals surface area contributed by atoms with Crippen molar-refractivity contribution in [1.29, 1.82) is 0 Å². The van der Waals surface area contributed by atoms with Crippen molar-refractivity contribution in [3.63, 3.8) is 0 Å². The van der Waals surface area contributed by atoms with E-state index >= 15 is 0 Å². The Labute approximate surface area is 104 Å². The van der Waals surface area contributed by atoms with E-state index < -0.39 is 0 Å². The van der Waals surface area contributed by atoms with Crippen molar-refractivity contribution in [2.24, 2.45) is 0 Å². The zero-order chi connectivity index (χ0) is 12.3. The third-order valence-electron chi connectivity index (χ3n) is 3.59. The Kier molecular flexibility index (Phi) is 4.02. The molecule has 1 fully saturated rings. The number of hydrogen-bond donors (Lipinski definition) is 1. The monoisotopic (exact) mass is 234 g/mol. The molecule has 3 heteroatoms. The van der Waals surface area contributed by atoms with E-state index in [1.807, 2.05) is 12.1 Å². The Hall–Kier alpha value is -1.06. The lowest BCUT2D eigenvalue weighted by Crippen LogP contribution is -2.43. The van der Waals surface area contributed by atoms with Crippen LogP contribution in [0.15, 0.2) is 24.3 Å². The van der Waals surface area contributed by atoms with E-state index in [0.29, 0.717) is 12.1 Å². The highest BCUT2D eigenvalue weighted by molar-refractivity contribution is 5.40. The number of nitrogens with zero attached hydrogens (tertiary/aromatic N) is 1. The Balaban J connectivity index is 2.03. The second-order valence-electron chi connectivity index (χ2n) is 4.74. The molecule has 1 saturated heterocycles. The summed E-state index contributed by atoms with van der Waals surface area (Å²) in [7, 11) is 0. The predicted octanol–water partition coefficient (Wildman–Crippen LogP) is 2.44. The van der Waals surface area contributed by atoms with Gasteiger partial charge in [0.2, 0.25) is 0 Å². The fourth-order valence-corrected chi connectivity index (χ4v) is 2.33. The molecule has 2 unspecified atom stereocenters. The van der Waals surface area contributed by atoms with Gasteiger partial charge in [0.1, 0.15) is 0 Å². The van der Waals surface area contributed by atoms with E-state index in [0.717, 1.165) is 31.8 Å². The van der Waals surface area contributed by atoms with Crippen LogP contribution in [0.5, 0.6) is 0 Å². The van der Waals surface area contributed by atoms with Crippen molar-refractivity contribution in [3.8, 4) is 0 Å². The highest BCUT2D eigenvalue weighted by atomic mass is 16.5. The van der Waals surface area contributed by atoms with Crippen LogP contribution in [0.2, 0.25) is 0 Å². The smallest absolute Gasteiger partial charge is 0.0700 e. The summed E-state index contributed by atoms with van der Waals surface area (Å²) in [5.74, 6) is 0. The molecular formula is C14H22N2O. The minimum atomic E-state index is 0.389. The van der Waals surface area contributed by atoms with Crippen LogP contribution in [0.3, 0.4) is 0 Å². The summed E-state index contributed by atoms with van der Waals surface area (Å²) in [6.07, 6.45) is 1.48. The molecule has 0 aliphatic carbocycles. The van der Waals surface area contributed by atoms with Crippen LogP contribution in [0, 0.1) is 0 Å². The lowest BCUT2D eigenvalue weighted by molar-refractivity contribution is -0.0424. The first-order valence-corrected chi connectivity index (χ1v) is 6.41. The van der Waals surface area contributed by atoms with Gasteiger partial charge in [0.05, 0.1) is 12.7 Å². The number of ether oxygens (including phenoxy) is 1. The summed E-state index contributed by atoms with van der Waals surface area (Å²) in [6.45, 7) is 7.33. The second kappa shape index (κ2) is 5.52. The van der Waals surface area contributed by atoms with Crippen molar-refractivity contribution in [2.45, 2.75) is 32.4 Å². The summed E-state index contributed by atoms with van der Waals surface area (Å²) < 4.78 is 5.70. The van der Waals surface area contributed by atoms with E-state index in [9.17, 15) is 0 Å². The van der Waals surface area contributed by atoms with Crippen LogP contribution in [0.25, 0.3) is 0 Å². The Morgan fingerprint density at radius 1 is 1.41 bits per heavy atom. The van der Waals surface area contributed by atoms with Gasteiger partial charge in [0, 0.05) is 24.8 Å². The van der Waals surface area contributed by atoms with Gasteiger partial charge < -0.3 is 10.5 Å². The number of nitrogens with two attached hydrogens (primary N) is 1. The summed E-state index contributed by atoms with van der Waals surface area (Å²) in [5, 5.41) is 0. The Bertz CT molecular complexity index is 350. The minimum absolute atomic E-state index is 0.389. The molecule has 17 heavy (non-hydrogen) atoms. The fourth-order valence-electron chi connectivity index (χ4n) is 2.33. The fraction of sp³-hybridized carbons (Fsp3) is 0.571. The number of nitrogen functional groups attached to an aromatic ring is 1. The zero-order valence-corrected chi connectivity index (χ0v) is 10.7. The molecular weight excluding hydrogens is 212 g/mol. The van der Waals surface area contributed by atoms with Crippen LogP contribution in [-0.2, 0) is 4.74 Å². The summed E-state index contributed by atoms with van der Waals surface area (Å²) in [5.41, 5.74) is 7.87. The van der Waals surface area contributed by atoms with Crippen LogP contribution in [0.4, 0.5) is 5.69 Å². The zero-order valence-electron chi connectivity index (χ0n) is 10.7. The molecule has 0 amide bonds. The average molecular weight is 234 g/mol. The van der Waals surface area contributed by atoms with E-state index in [-0.39, 0.29) is 0 Å². The van der Waals surface area contributed by atoms with Crippen LogP contribution in [-0.4, -0.2) is 30.7 Å². The molecule has 2 atom stereocenters. The molecule has 0 aromatic heterocycles. The molecule has 0 radical (unpaired) electrons. The first-order valence-electron chi connectivity index (χ1n) is 6.41. The summed E-state index contributed by atoms with van der Waals surface area (Å²) in [6, 6.07) is 8.63. The normalized spacial score (nSPS) is 23.5. The van der Waals surface area contributed by atoms with E-state index in [4.69, 9.17) is 10.5 Å². The first-order chi connectivity index (χ1) is 8.20. The highest BCUT2D eigenvalue weighted by Crippen LogP contribution is 2.23. The maximum absolute atomic E-state index is 5.72. The number of morpholine rings is 1. The predicted molar refractivity (Wildman–Crippen MR) is 70.9 cm³/mol. The quantitative estimate of drug-likeness (QED) is 0.816. The van der Waals surface area contributed by atoms with E-state index in [1.54, 1.807) is 0 Å². The topological polar surface area (TPSA) is 38.5 Å². The summed E-state index contributed by atoms with van der Waals surface area (Å²) in [4.78, 5) is 2.49. The van der Waals surface area contributed by atoms with Crippen molar-refractivity contribution in [1.82, 2.24) is 4.90 Å². The molecule has 2 rings (SSSR count). The van der Waals surface area contributed by atoms with Gasteiger partial charge in [-0.15, -0.1) is 0 Å². The molecule has 0 saturated carbocycles. The molecule has 0 bridgehead atoms. The third-order valence-corrected chi connectivity index (χ3v) is 3.59. The molecule has 0 spiro atoms. The maximum atomic E-state index is 5.72. The van der Waals surface area contributed by atoms with Gasteiger partial charge in [-0.2, -0.15) is 0 Å². The molecule has 1 aliphatic heterocycles. The number of rotatable bonds is 3. The molecule has 1 aromatic rings. The molecule has 2 N–H and O–H groups in total. The lowest BCUT2D eigenvalue weighted by atomic mass is 10.0.